The van der Waals surface area contributed by atoms with Crippen molar-refractivity contribution in [1.82, 2.24) is 5.32 Å². The smallest absolute Gasteiger partial charge is 0.258 e. The first-order chi connectivity index (χ1) is 11.7. The Balaban J connectivity index is 1.68. The lowest BCUT2D eigenvalue weighted by atomic mass is 10.1. The van der Waals surface area contributed by atoms with Gasteiger partial charge in [-0.2, -0.15) is 0 Å². The number of hydrogen-bond donors (Lipinski definition) is 1. The summed E-state index contributed by atoms with van der Waals surface area (Å²) in [7, 11) is 0. The maximum Gasteiger partial charge on any atom is 0.258 e. The lowest BCUT2D eigenvalue weighted by Crippen LogP contribution is -2.32. The van der Waals surface area contributed by atoms with Crippen LogP contribution in [0.2, 0.25) is 0 Å². The Labute approximate surface area is 145 Å². The number of carbonyl (C=O) groups excluding carboxylic acids is 1. The van der Waals surface area contributed by atoms with Crippen LogP contribution in [0.5, 0.6) is 5.75 Å². The molecule has 3 rings (SSSR count). The van der Waals surface area contributed by atoms with Gasteiger partial charge in [0.2, 0.25) is 0 Å². The topological polar surface area (TPSA) is 38.3 Å². The molecular weight excluding hydrogens is 318 g/mol. The van der Waals surface area contributed by atoms with E-state index in [1.165, 1.54) is 0 Å². The van der Waals surface area contributed by atoms with Crippen molar-refractivity contribution in [3.63, 3.8) is 0 Å². The largest absolute Gasteiger partial charge is 0.484 e. The van der Waals surface area contributed by atoms with Gasteiger partial charge in [-0.15, -0.1) is 11.3 Å². The van der Waals surface area contributed by atoms with Crippen LogP contribution in [0.4, 0.5) is 0 Å². The fourth-order valence-electron chi connectivity index (χ4n) is 2.48. The van der Waals surface area contributed by atoms with Gasteiger partial charge in [0.15, 0.2) is 6.61 Å². The molecule has 1 heterocycles. The van der Waals surface area contributed by atoms with Crippen molar-refractivity contribution < 1.29 is 9.53 Å². The summed E-state index contributed by atoms with van der Waals surface area (Å²) in [5.41, 5.74) is 2.16. The molecule has 122 valence electrons. The van der Waals surface area contributed by atoms with E-state index in [0.29, 0.717) is 5.75 Å². The Morgan fingerprint density at radius 3 is 2.62 bits per heavy atom. The second-order valence-electron chi connectivity index (χ2n) is 5.53. The summed E-state index contributed by atoms with van der Waals surface area (Å²) in [5, 5.41) is 5.08. The fraction of sp³-hybridized carbons (Fsp3) is 0.150. The quantitative estimate of drug-likeness (QED) is 0.726. The molecule has 24 heavy (non-hydrogen) atoms. The molecule has 2 aromatic carbocycles. The molecule has 0 aliphatic rings. The molecule has 0 spiro atoms. The van der Waals surface area contributed by atoms with E-state index in [1.54, 1.807) is 11.3 Å². The highest BCUT2D eigenvalue weighted by atomic mass is 32.1. The molecule has 3 nitrogen and oxygen atoms in total. The summed E-state index contributed by atoms with van der Waals surface area (Å²) in [6.07, 6.45) is 0. The van der Waals surface area contributed by atoms with Gasteiger partial charge in [-0.3, -0.25) is 4.79 Å². The molecule has 0 unspecified atom stereocenters. The van der Waals surface area contributed by atoms with Gasteiger partial charge in [0, 0.05) is 4.88 Å². The molecule has 1 atom stereocenters. The Morgan fingerprint density at radius 1 is 1.08 bits per heavy atom. The predicted molar refractivity (Wildman–Crippen MR) is 97.4 cm³/mol. The number of nitrogens with one attached hydrogen (secondary N) is 1. The van der Waals surface area contributed by atoms with Crippen LogP contribution in [0.3, 0.4) is 0 Å². The zero-order chi connectivity index (χ0) is 16.8. The number of benzene rings is 2. The Hall–Kier alpha value is -2.59. The van der Waals surface area contributed by atoms with Crippen LogP contribution in [-0.2, 0) is 4.79 Å². The third kappa shape index (κ3) is 4.24. The number of thiophene rings is 1. The van der Waals surface area contributed by atoms with Gasteiger partial charge in [-0.25, -0.2) is 0 Å². The van der Waals surface area contributed by atoms with Crippen LogP contribution in [0.1, 0.15) is 22.0 Å². The van der Waals surface area contributed by atoms with Crippen LogP contribution in [0, 0.1) is 6.92 Å². The van der Waals surface area contributed by atoms with Gasteiger partial charge in [-0.05, 0) is 41.6 Å². The molecule has 0 bridgehead atoms. The molecule has 0 saturated heterocycles. The Bertz CT molecular complexity index is 784. The van der Waals surface area contributed by atoms with Crippen LogP contribution >= 0.6 is 11.3 Å². The van der Waals surface area contributed by atoms with E-state index in [9.17, 15) is 4.79 Å². The minimum absolute atomic E-state index is 0.00182. The maximum atomic E-state index is 12.3. The standard InChI is InChI=1S/C20H19NO2S/c1-15-7-5-10-17(13-15)23-14-19(22)21-20(18-11-6-12-24-18)16-8-3-2-4-9-16/h2-13,20H,14H2,1H3,(H,21,22)/t20-/m0/s1. The molecule has 1 amide bonds. The lowest BCUT2D eigenvalue weighted by molar-refractivity contribution is -0.123. The summed E-state index contributed by atoms with van der Waals surface area (Å²) in [4.78, 5) is 13.5. The first kappa shape index (κ1) is 16.3. The number of ether oxygens (including phenoxy) is 1. The van der Waals surface area contributed by atoms with Crippen molar-refractivity contribution in [2.24, 2.45) is 0 Å². The van der Waals surface area contributed by atoms with Gasteiger partial charge in [0.25, 0.3) is 5.91 Å². The second kappa shape index (κ2) is 7.79. The van der Waals surface area contributed by atoms with Crippen LogP contribution in [0.25, 0.3) is 0 Å². The summed E-state index contributed by atoms with van der Waals surface area (Å²) >= 11 is 1.63. The zero-order valence-corrected chi connectivity index (χ0v) is 14.3. The van der Waals surface area contributed by atoms with Gasteiger partial charge in [0.05, 0.1) is 6.04 Å². The molecule has 3 aromatic rings. The van der Waals surface area contributed by atoms with Crippen molar-refractivity contribution in [1.29, 1.82) is 0 Å². The van der Waals surface area contributed by atoms with E-state index in [2.05, 4.69) is 5.32 Å². The number of aryl methyl sites for hydroxylation is 1. The van der Waals surface area contributed by atoms with Crippen LogP contribution in [-0.4, -0.2) is 12.5 Å². The fourth-order valence-corrected chi connectivity index (χ4v) is 3.28. The van der Waals surface area contributed by atoms with E-state index < -0.39 is 0 Å². The SMILES string of the molecule is Cc1cccc(OCC(=O)N[C@@H](c2ccccc2)c2cccs2)c1. The van der Waals surface area contributed by atoms with E-state index >= 15 is 0 Å². The minimum atomic E-state index is -0.153. The van der Waals surface area contributed by atoms with Gasteiger partial charge in [-0.1, -0.05) is 48.5 Å². The van der Waals surface area contributed by atoms with E-state index in [4.69, 9.17) is 4.74 Å². The van der Waals surface area contributed by atoms with Gasteiger partial charge in [0.1, 0.15) is 5.75 Å². The monoisotopic (exact) mass is 337 g/mol. The first-order valence-corrected chi connectivity index (χ1v) is 8.67. The van der Waals surface area contributed by atoms with Crippen molar-refractivity contribution in [3.8, 4) is 5.75 Å². The molecule has 1 aromatic heterocycles. The molecule has 0 fully saturated rings. The molecule has 0 saturated carbocycles. The van der Waals surface area contributed by atoms with Gasteiger partial charge >= 0.3 is 0 Å². The highest BCUT2D eigenvalue weighted by Crippen LogP contribution is 2.25. The average Bonchev–Trinajstić information content (AvgIpc) is 3.13. The third-order valence-corrected chi connectivity index (χ3v) is 4.56. The van der Waals surface area contributed by atoms with Crippen LogP contribution < -0.4 is 10.1 Å². The average molecular weight is 337 g/mol. The first-order valence-electron chi connectivity index (χ1n) is 7.79. The summed E-state index contributed by atoms with van der Waals surface area (Å²) in [5.74, 6) is 0.566. The Kier molecular flexibility index (Phi) is 5.29. The number of carbonyl (C=O) groups is 1. The molecule has 4 heteroatoms. The molecular formula is C20H19NO2S. The molecule has 1 N–H and O–H groups in total. The predicted octanol–water partition coefficient (Wildman–Crippen LogP) is 4.34. The molecule has 0 aliphatic heterocycles. The van der Waals surface area contributed by atoms with Crippen molar-refractivity contribution in [2.75, 3.05) is 6.61 Å². The van der Waals surface area contributed by atoms with Crippen LogP contribution in [0.15, 0.2) is 72.1 Å². The van der Waals surface area contributed by atoms with Crippen molar-refractivity contribution >= 4 is 17.2 Å². The number of rotatable bonds is 6. The molecule has 0 aliphatic carbocycles. The van der Waals surface area contributed by atoms with Crippen molar-refractivity contribution in [2.45, 2.75) is 13.0 Å². The maximum absolute atomic E-state index is 12.3. The summed E-state index contributed by atoms with van der Waals surface area (Å²) in [6.45, 7) is 1.99. The second-order valence-corrected chi connectivity index (χ2v) is 6.51. The summed E-state index contributed by atoms with van der Waals surface area (Å²) < 4.78 is 5.59. The van der Waals surface area contributed by atoms with Crippen molar-refractivity contribution in [3.05, 3.63) is 88.1 Å². The lowest BCUT2D eigenvalue weighted by Gasteiger charge is -2.18. The number of amides is 1. The third-order valence-electron chi connectivity index (χ3n) is 3.63. The minimum Gasteiger partial charge on any atom is -0.484 e. The highest BCUT2D eigenvalue weighted by Gasteiger charge is 2.17. The van der Waals surface area contributed by atoms with E-state index in [1.807, 2.05) is 79.0 Å². The van der Waals surface area contributed by atoms with E-state index in [0.717, 1.165) is 16.0 Å². The van der Waals surface area contributed by atoms with E-state index in [-0.39, 0.29) is 18.6 Å². The molecule has 0 radical (unpaired) electrons. The van der Waals surface area contributed by atoms with Gasteiger partial charge < -0.3 is 10.1 Å². The Morgan fingerprint density at radius 2 is 1.92 bits per heavy atom. The zero-order valence-electron chi connectivity index (χ0n) is 13.4. The summed E-state index contributed by atoms with van der Waals surface area (Å²) in [6, 6.07) is 21.5. The normalized spacial score (nSPS) is 11.7. The number of hydrogen-bond acceptors (Lipinski definition) is 3. The highest BCUT2D eigenvalue weighted by molar-refractivity contribution is 7.10.